The molecule has 0 aromatic heterocycles. The normalized spacial score (nSPS) is 19.5. The number of morpholine rings is 1. The van der Waals surface area contributed by atoms with Gasteiger partial charge in [0.1, 0.15) is 0 Å². The second-order valence-corrected chi connectivity index (χ2v) is 6.57. The van der Waals surface area contributed by atoms with Gasteiger partial charge in [-0.25, -0.2) is 9.59 Å². The van der Waals surface area contributed by atoms with Crippen molar-refractivity contribution >= 4 is 23.5 Å². The number of urea groups is 1. The van der Waals surface area contributed by atoms with Crippen molar-refractivity contribution in [3.05, 3.63) is 24.3 Å². The van der Waals surface area contributed by atoms with E-state index in [0.29, 0.717) is 24.5 Å². The fourth-order valence-electron chi connectivity index (χ4n) is 2.82. The van der Waals surface area contributed by atoms with Gasteiger partial charge in [0, 0.05) is 25.0 Å². The second kappa shape index (κ2) is 7.09. The van der Waals surface area contributed by atoms with Crippen molar-refractivity contribution in [1.29, 1.82) is 0 Å². The Morgan fingerprint density at radius 1 is 1.33 bits per heavy atom. The first-order valence-electron chi connectivity index (χ1n) is 7.87. The maximum Gasteiger partial charge on any atom is 0.413 e. The molecule has 1 atom stereocenters. The molecule has 1 aromatic rings. The number of benzene rings is 1. The number of hydrogen-bond donors (Lipinski definition) is 1. The average Bonchev–Trinajstić information content (AvgIpc) is 2.52. The van der Waals surface area contributed by atoms with Crippen molar-refractivity contribution in [2.45, 2.75) is 32.5 Å². The predicted octanol–water partition coefficient (Wildman–Crippen LogP) is 2.92. The van der Waals surface area contributed by atoms with Crippen LogP contribution in [-0.4, -0.2) is 56.0 Å². The van der Waals surface area contributed by atoms with E-state index in [2.05, 4.69) is 10.1 Å². The number of methoxy groups -OCH3 is 1. The van der Waals surface area contributed by atoms with E-state index in [-0.39, 0.29) is 17.7 Å². The van der Waals surface area contributed by atoms with E-state index in [1.807, 2.05) is 20.8 Å². The summed E-state index contributed by atoms with van der Waals surface area (Å²) in [6, 6.07) is 6.84. The van der Waals surface area contributed by atoms with Crippen LogP contribution >= 0.6 is 0 Å². The van der Waals surface area contributed by atoms with Gasteiger partial charge in [-0.3, -0.25) is 4.90 Å². The number of nitrogens with one attached hydrogen (secondary N) is 1. The molecule has 1 aliphatic heterocycles. The van der Waals surface area contributed by atoms with Gasteiger partial charge >= 0.3 is 12.1 Å². The highest BCUT2D eigenvalue weighted by molar-refractivity contribution is 5.91. The van der Waals surface area contributed by atoms with Crippen LogP contribution in [0, 0.1) is 0 Å². The molecule has 0 spiro atoms. The smallest absolute Gasteiger partial charge is 0.413 e. The Hall–Kier alpha value is -2.28. The number of amides is 3. The monoisotopic (exact) mass is 335 g/mol. The van der Waals surface area contributed by atoms with E-state index < -0.39 is 6.09 Å². The van der Waals surface area contributed by atoms with Gasteiger partial charge < -0.3 is 19.7 Å². The molecule has 1 aliphatic rings. The zero-order valence-electron chi connectivity index (χ0n) is 14.8. The summed E-state index contributed by atoms with van der Waals surface area (Å²) in [4.78, 5) is 27.1. The summed E-state index contributed by atoms with van der Waals surface area (Å²) in [5.41, 5.74) is 0.988. The van der Waals surface area contributed by atoms with E-state index in [4.69, 9.17) is 4.74 Å². The van der Waals surface area contributed by atoms with Gasteiger partial charge in [-0.2, -0.15) is 0 Å². The molecule has 1 heterocycles. The minimum absolute atomic E-state index is 0.00409. The fourth-order valence-corrected chi connectivity index (χ4v) is 2.82. The molecule has 0 saturated carbocycles. The first kappa shape index (κ1) is 18.1. The standard InChI is InChI=1S/C17H25N3O4/c1-12-10-20(11-17(2,3)24-12)15(21)18-13-6-8-14(9-7-13)19(4)16(22)23-5/h6-9,12H,10-11H2,1-5H3,(H,18,21)/t12-/m1/s1. The molecule has 3 amide bonds. The van der Waals surface area contributed by atoms with Crippen LogP contribution in [0.1, 0.15) is 20.8 Å². The van der Waals surface area contributed by atoms with E-state index >= 15 is 0 Å². The first-order valence-corrected chi connectivity index (χ1v) is 7.87. The Morgan fingerprint density at radius 3 is 2.50 bits per heavy atom. The predicted molar refractivity (Wildman–Crippen MR) is 92.5 cm³/mol. The zero-order valence-corrected chi connectivity index (χ0v) is 14.8. The van der Waals surface area contributed by atoms with Gasteiger partial charge in [-0.05, 0) is 45.0 Å². The van der Waals surface area contributed by atoms with Crippen LogP contribution in [-0.2, 0) is 9.47 Å². The molecule has 132 valence electrons. The van der Waals surface area contributed by atoms with E-state index in [1.54, 1.807) is 36.2 Å². The number of ether oxygens (including phenoxy) is 2. The highest BCUT2D eigenvalue weighted by Gasteiger charge is 2.33. The van der Waals surface area contributed by atoms with Crippen molar-refractivity contribution < 1.29 is 19.1 Å². The Labute approximate surface area is 142 Å². The minimum atomic E-state index is -0.448. The maximum absolute atomic E-state index is 12.4. The topological polar surface area (TPSA) is 71.1 Å². The molecule has 1 saturated heterocycles. The van der Waals surface area contributed by atoms with Gasteiger partial charge in [-0.15, -0.1) is 0 Å². The van der Waals surface area contributed by atoms with Crippen molar-refractivity contribution in [2.75, 3.05) is 37.5 Å². The lowest BCUT2D eigenvalue weighted by atomic mass is 10.1. The van der Waals surface area contributed by atoms with Crippen molar-refractivity contribution in [3.8, 4) is 0 Å². The molecule has 2 rings (SSSR count). The summed E-state index contributed by atoms with van der Waals surface area (Å²) < 4.78 is 10.5. The Morgan fingerprint density at radius 2 is 1.96 bits per heavy atom. The third kappa shape index (κ3) is 4.38. The lowest BCUT2D eigenvalue weighted by Gasteiger charge is -2.41. The number of carbonyl (C=O) groups is 2. The highest BCUT2D eigenvalue weighted by atomic mass is 16.5. The molecule has 0 aliphatic carbocycles. The van der Waals surface area contributed by atoms with Crippen LogP contribution < -0.4 is 10.2 Å². The summed E-state index contributed by atoms with van der Waals surface area (Å²) in [5.74, 6) is 0. The molecule has 0 unspecified atom stereocenters. The largest absolute Gasteiger partial charge is 0.452 e. The number of carbonyl (C=O) groups excluding carboxylic acids is 2. The average molecular weight is 335 g/mol. The second-order valence-electron chi connectivity index (χ2n) is 6.57. The van der Waals surface area contributed by atoms with Gasteiger partial charge in [0.05, 0.1) is 25.4 Å². The Kier molecular flexibility index (Phi) is 5.33. The van der Waals surface area contributed by atoms with Crippen molar-refractivity contribution in [3.63, 3.8) is 0 Å². The fraction of sp³-hybridized carbons (Fsp3) is 0.529. The van der Waals surface area contributed by atoms with Crippen LogP contribution in [0.25, 0.3) is 0 Å². The maximum atomic E-state index is 12.4. The van der Waals surface area contributed by atoms with Gasteiger partial charge in [0.15, 0.2) is 0 Å². The lowest BCUT2D eigenvalue weighted by Crippen LogP contribution is -2.54. The first-order chi connectivity index (χ1) is 11.2. The third-order valence-electron chi connectivity index (χ3n) is 3.81. The number of nitrogens with zero attached hydrogens (tertiary/aromatic N) is 2. The van der Waals surface area contributed by atoms with Crippen LogP contribution in [0.15, 0.2) is 24.3 Å². The molecule has 1 aromatic carbocycles. The van der Waals surface area contributed by atoms with Crippen LogP contribution in [0.4, 0.5) is 21.0 Å². The van der Waals surface area contributed by atoms with Crippen molar-refractivity contribution in [2.24, 2.45) is 0 Å². The summed E-state index contributed by atoms with van der Waals surface area (Å²) in [6.07, 6.45) is -0.452. The van der Waals surface area contributed by atoms with E-state index in [1.165, 1.54) is 12.0 Å². The molecule has 1 fully saturated rings. The van der Waals surface area contributed by atoms with Crippen LogP contribution in [0.2, 0.25) is 0 Å². The highest BCUT2D eigenvalue weighted by Crippen LogP contribution is 2.22. The van der Waals surface area contributed by atoms with Gasteiger partial charge in [0.25, 0.3) is 0 Å². The summed E-state index contributed by atoms with van der Waals surface area (Å²) >= 11 is 0. The summed E-state index contributed by atoms with van der Waals surface area (Å²) in [7, 11) is 2.95. The quantitative estimate of drug-likeness (QED) is 0.902. The summed E-state index contributed by atoms with van der Waals surface area (Å²) in [6.45, 7) is 6.99. The molecule has 0 radical (unpaired) electrons. The van der Waals surface area contributed by atoms with E-state index in [0.717, 1.165) is 0 Å². The number of hydrogen-bond acceptors (Lipinski definition) is 4. The molecule has 1 N–H and O–H groups in total. The zero-order chi connectivity index (χ0) is 17.9. The minimum Gasteiger partial charge on any atom is -0.452 e. The number of rotatable bonds is 2. The molecular weight excluding hydrogens is 310 g/mol. The molecule has 7 nitrogen and oxygen atoms in total. The molecular formula is C17H25N3O4. The SMILES string of the molecule is COC(=O)N(C)c1ccc(NC(=O)N2C[C@@H](C)OC(C)(C)C2)cc1. The molecule has 24 heavy (non-hydrogen) atoms. The van der Waals surface area contributed by atoms with E-state index in [9.17, 15) is 9.59 Å². The Balaban J connectivity index is 2.00. The molecule has 0 bridgehead atoms. The Bertz CT molecular complexity index is 600. The van der Waals surface area contributed by atoms with Gasteiger partial charge in [0.2, 0.25) is 0 Å². The third-order valence-corrected chi connectivity index (χ3v) is 3.81. The van der Waals surface area contributed by atoms with Crippen LogP contribution in [0.3, 0.4) is 0 Å². The van der Waals surface area contributed by atoms with Gasteiger partial charge in [-0.1, -0.05) is 0 Å². The molecule has 7 heteroatoms. The van der Waals surface area contributed by atoms with Crippen LogP contribution in [0.5, 0.6) is 0 Å². The van der Waals surface area contributed by atoms with Crippen molar-refractivity contribution in [1.82, 2.24) is 4.90 Å². The number of anilines is 2. The lowest BCUT2D eigenvalue weighted by molar-refractivity contribution is -0.116. The summed E-state index contributed by atoms with van der Waals surface area (Å²) in [5, 5.41) is 2.88.